The highest BCUT2D eigenvalue weighted by atomic mass is 35.5. The van der Waals surface area contributed by atoms with Crippen LogP contribution in [0, 0.1) is 0 Å². The summed E-state index contributed by atoms with van der Waals surface area (Å²) in [5.41, 5.74) is 0.551. The molecule has 0 saturated carbocycles. The van der Waals surface area contributed by atoms with E-state index < -0.39 is 10.2 Å². The highest BCUT2D eigenvalue weighted by Gasteiger charge is 2.22. The number of rotatable bonds is 7. The number of halogens is 1. The van der Waals surface area contributed by atoms with Crippen molar-refractivity contribution in [2.75, 3.05) is 20.6 Å². The molecule has 1 amide bonds. The van der Waals surface area contributed by atoms with Gasteiger partial charge in [-0.1, -0.05) is 11.6 Å². The number of amides is 1. The number of aromatic nitrogens is 2. The molecule has 0 unspecified atom stereocenters. The number of carbonyl (C=O) groups excluding carboxylic acids is 1. The second-order valence-corrected chi connectivity index (χ2v) is 7.87. The van der Waals surface area contributed by atoms with E-state index in [-0.39, 0.29) is 5.91 Å². The van der Waals surface area contributed by atoms with E-state index in [9.17, 15) is 13.2 Å². The fourth-order valence-electron chi connectivity index (χ4n) is 2.00. The molecule has 0 fully saturated rings. The van der Waals surface area contributed by atoms with Crippen molar-refractivity contribution in [2.24, 2.45) is 0 Å². The maximum Gasteiger partial charge on any atom is 0.379 e. The molecule has 0 radical (unpaired) electrons. The molecule has 1 N–H and O–H groups in total. The van der Waals surface area contributed by atoms with E-state index in [0.29, 0.717) is 30.1 Å². The van der Waals surface area contributed by atoms with Crippen molar-refractivity contribution in [3.8, 4) is 0 Å². The van der Waals surface area contributed by atoms with Gasteiger partial charge < -0.3 is 5.32 Å². The van der Waals surface area contributed by atoms with Crippen molar-refractivity contribution in [1.82, 2.24) is 13.6 Å². The van der Waals surface area contributed by atoms with Crippen molar-refractivity contribution in [3.05, 3.63) is 53.6 Å². The summed E-state index contributed by atoms with van der Waals surface area (Å²) in [4.78, 5) is 11.9. The van der Waals surface area contributed by atoms with Gasteiger partial charge in [-0.15, -0.1) is 3.97 Å². The molecule has 0 spiro atoms. The number of hydrogen-bond donors (Lipinski definition) is 1. The minimum Gasteiger partial charge on any atom is -0.352 e. The van der Waals surface area contributed by atoms with Crippen LogP contribution in [0.4, 0.5) is 0 Å². The molecule has 0 aliphatic rings. The van der Waals surface area contributed by atoms with E-state index in [1.807, 2.05) is 0 Å². The SMILES string of the molecule is CN(C)S(=O)(=O)n1cc[n+](CCCNC(=O)c2ccc(Cl)cc2)c1. The molecule has 7 nitrogen and oxygen atoms in total. The molecule has 130 valence electrons. The lowest BCUT2D eigenvalue weighted by atomic mass is 10.2. The predicted molar refractivity (Wildman–Crippen MR) is 91.0 cm³/mol. The van der Waals surface area contributed by atoms with E-state index in [2.05, 4.69) is 5.32 Å². The average molecular weight is 372 g/mol. The number of benzene rings is 1. The predicted octanol–water partition coefficient (Wildman–Crippen LogP) is 0.904. The molecular weight excluding hydrogens is 352 g/mol. The van der Waals surface area contributed by atoms with Crippen LogP contribution in [0.5, 0.6) is 0 Å². The summed E-state index contributed by atoms with van der Waals surface area (Å²) in [6.07, 6.45) is 5.36. The third kappa shape index (κ3) is 4.56. The highest BCUT2D eigenvalue weighted by Crippen LogP contribution is 2.09. The van der Waals surface area contributed by atoms with Crippen LogP contribution in [0.15, 0.2) is 43.0 Å². The Morgan fingerprint density at radius 1 is 1.29 bits per heavy atom. The molecule has 1 aromatic heterocycles. The Hall–Kier alpha value is -1.90. The Balaban J connectivity index is 1.82. The van der Waals surface area contributed by atoms with Gasteiger partial charge in [0.25, 0.3) is 12.2 Å². The minimum atomic E-state index is -3.49. The molecule has 0 bridgehead atoms. The van der Waals surface area contributed by atoms with E-state index in [0.717, 1.165) is 8.28 Å². The van der Waals surface area contributed by atoms with Crippen molar-refractivity contribution < 1.29 is 17.8 Å². The van der Waals surface area contributed by atoms with E-state index >= 15 is 0 Å². The van der Waals surface area contributed by atoms with Crippen molar-refractivity contribution in [2.45, 2.75) is 13.0 Å². The smallest absolute Gasteiger partial charge is 0.352 e. The molecular formula is C15H20ClN4O3S+. The average Bonchev–Trinajstić information content (AvgIpc) is 3.01. The molecule has 2 rings (SSSR count). The molecule has 1 aromatic carbocycles. The first-order chi connectivity index (χ1) is 11.3. The Bertz CT molecular complexity index is 800. The number of nitrogens with zero attached hydrogens (tertiary/aromatic N) is 3. The molecule has 9 heteroatoms. The van der Waals surface area contributed by atoms with E-state index in [1.165, 1.54) is 26.6 Å². The lowest BCUT2D eigenvalue weighted by Gasteiger charge is -2.06. The molecule has 1 heterocycles. The van der Waals surface area contributed by atoms with Crippen molar-refractivity contribution >= 4 is 27.7 Å². The first-order valence-corrected chi connectivity index (χ1v) is 9.12. The molecule has 2 aromatic rings. The lowest BCUT2D eigenvalue weighted by molar-refractivity contribution is -0.696. The maximum atomic E-state index is 12.0. The van der Waals surface area contributed by atoms with Gasteiger partial charge >= 0.3 is 10.2 Å². The van der Waals surface area contributed by atoms with Crippen LogP contribution in [0.2, 0.25) is 5.02 Å². The standard InChI is InChI=1S/C15H19ClN4O3S/c1-18(2)24(22,23)20-11-10-19(12-20)9-3-8-17-15(21)13-4-6-14(16)7-5-13/h4-7,10-12H,3,8-9H2,1-2H3/p+1. The summed E-state index contributed by atoms with van der Waals surface area (Å²) >= 11 is 5.78. The zero-order chi connectivity index (χ0) is 17.7. The lowest BCUT2D eigenvalue weighted by Crippen LogP contribution is -2.35. The molecule has 0 atom stereocenters. The number of imidazole rings is 1. The Morgan fingerprint density at radius 2 is 1.96 bits per heavy atom. The van der Waals surface area contributed by atoms with E-state index in [4.69, 9.17) is 11.6 Å². The van der Waals surface area contributed by atoms with Gasteiger partial charge in [0.15, 0.2) is 0 Å². The van der Waals surface area contributed by atoms with E-state index in [1.54, 1.807) is 35.0 Å². The normalized spacial score (nSPS) is 11.7. The summed E-state index contributed by atoms with van der Waals surface area (Å²) in [5.74, 6) is -0.163. The molecule has 0 aliphatic carbocycles. The van der Waals surface area contributed by atoms with Crippen LogP contribution in [-0.2, 0) is 16.8 Å². The van der Waals surface area contributed by atoms with Gasteiger partial charge in [0.2, 0.25) is 0 Å². The van der Waals surface area contributed by atoms with Crippen molar-refractivity contribution in [3.63, 3.8) is 0 Å². The van der Waals surface area contributed by atoms with Gasteiger partial charge in [0, 0.05) is 37.6 Å². The summed E-state index contributed by atoms with van der Waals surface area (Å²) in [6, 6.07) is 6.66. The molecule has 24 heavy (non-hydrogen) atoms. The van der Waals surface area contributed by atoms with Crippen LogP contribution in [0.3, 0.4) is 0 Å². The van der Waals surface area contributed by atoms with Gasteiger partial charge in [-0.2, -0.15) is 12.7 Å². The second-order valence-electron chi connectivity index (χ2n) is 5.39. The van der Waals surface area contributed by atoms with Gasteiger partial charge in [-0.3, -0.25) is 4.79 Å². The van der Waals surface area contributed by atoms with Crippen LogP contribution in [0.1, 0.15) is 16.8 Å². The quantitative estimate of drug-likeness (QED) is 0.580. The molecule has 0 aliphatic heterocycles. The maximum absolute atomic E-state index is 12.0. The first-order valence-electron chi connectivity index (χ1n) is 7.34. The summed E-state index contributed by atoms with van der Waals surface area (Å²) in [5, 5.41) is 3.40. The fraction of sp³-hybridized carbons (Fsp3) is 0.333. The highest BCUT2D eigenvalue weighted by molar-refractivity contribution is 7.87. The Kier molecular flexibility index (Phi) is 5.98. The zero-order valence-corrected chi connectivity index (χ0v) is 15.1. The summed E-state index contributed by atoms with van der Waals surface area (Å²) in [7, 11) is -0.535. The first kappa shape index (κ1) is 18.4. The fourth-order valence-corrected chi connectivity index (χ4v) is 2.95. The Morgan fingerprint density at radius 3 is 2.58 bits per heavy atom. The summed E-state index contributed by atoms with van der Waals surface area (Å²) in [6.45, 7) is 1.08. The van der Waals surface area contributed by atoms with Crippen LogP contribution >= 0.6 is 11.6 Å². The topological polar surface area (TPSA) is 75.3 Å². The minimum absolute atomic E-state index is 0.163. The van der Waals surface area contributed by atoms with Crippen LogP contribution in [0.25, 0.3) is 0 Å². The third-order valence-electron chi connectivity index (χ3n) is 3.38. The van der Waals surface area contributed by atoms with Crippen LogP contribution < -0.4 is 9.88 Å². The van der Waals surface area contributed by atoms with Gasteiger partial charge in [0.05, 0.1) is 6.54 Å². The number of hydrogen-bond acceptors (Lipinski definition) is 3. The zero-order valence-electron chi connectivity index (χ0n) is 13.5. The largest absolute Gasteiger partial charge is 0.379 e. The number of nitrogens with one attached hydrogen (secondary N) is 1. The Labute approximate surface area is 146 Å². The van der Waals surface area contributed by atoms with Gasteiger partial charge in [0.1, 0.15) is 12.4 Å². The van der Waals surface area contributed by atoms with Crippen molar-refractivity contribution in [1.29, 1.82) is 0 Å². The van der Waals surface area contributed by atoms with Gasteiger partial charge in [-0.05, 0) is 24.3 Å². The monoisotopic (exact) mass is 371 g/mol. The third-order valence-corrected chi connectivity index (χ3v) is 5.30. The van der Waals surface area contributed by atoms with Crippen LogP contribution in [-0.4, -0.2) is 43.2 Å². The number of carbonyl (C=O) groups is 1. The number of aryl methyl sites for hydroxylation is 1. The second kappa shape index (κ2) is 7.78. The molecule has 0 saturated heterocycles. The summed E-state index contributed by atoms with van der Waals surface area (Å²) < 4.78 is 28.0. The van der Waals surface area contributed by atoms with Gasteiger partial charge in [-0.25, -0.2) is 4.57 Å².